The molecule has 5 heteroatoms. The molecule has 1 amide bonds. The molecule has 0 aromatic rings. The van der Waals surface area contributed by atoms with Crippen LogP contribution in [0.15, 0.2) is 0 Å². The van der Waals surface area contributed by atoms with E-state index in [2.05, 4.69) is 17.6 Å². The van der Waals surface area contributed by atoms with Crippen LogP contribution in [0.2, 0.25) is 0 Å². The molecule has 106 valence electrons. The van der Waals surface area contributed by atoms with E-state index in [4.69, 9.17) is 0 Å². The molecule has 1 fully saturated rings. The molecule has 0 saturated carbocycles. The van der Waals surface area contributed by atoms with Crippen molar-refractivity contribution >= 4 is 16.7 Å². The number of nitrogens with one attached hydrogen (secondary N) is 2. The van der Waals surface area contributed by atoms with E-state index in [0.717, 1.165) is 13.1 Å². The van der Waals surface area contributed by atoms with Gasteiger partial charge >= 0.3 is 0 Å². The molecule has 1 heterocycles. The highest BCUT2D eigenvalue weighted by atomic mass is 32.2. The third kappa shape index (κ3) is 5.48. The quantitative estimate of drug-likeness (QED) is 0.756. The van der Waals surface area contributed by atoms with Crippen molar-refractivity contribution in [1.82, 2.24) is 10.6 Å². The van der Waals surface area contributed by atoms with Crippen LogP contribution in [-0.4, -0.2) is 41.3 Å². The minimum atomic E-state index is -0.868. The van der Waals surface area contributed by atoms with Gasteiger partial charge in [-0.15, -0.1) is 0 Å². The standard InChI is InChI=1S/C13H26N2O2S/c1-10(12-5-4-6-14-9-12)7-13(16)15-8-11(2)18(3)17/h10-12,14H,4-9H2,1-3H3,(H,15,16). The van der Waals surface area contributed by atoms with Crippen molar-refractivity contribution in [2.45, 2.75) is 38.4 Å². The average molecular weight is 274 g/mol. The molecule has 0 bridgehead atoms. The largest absolute Gasteiger partial charge is 0.355 e. The first-order valence-electron chi connectivity index (χ1n) is 6.80. The van der Waals surface area contributed by atoms with Crippen molar-refractivity contribution in [1.29, 1.82) is 0 Å². The van der Waals surface area contributed by atoms with Gasteiger partial charge in [-0.1, -0.05) is 6.92 Å². The molecule has 4 nitrogen and oxygen atoms in total. The fourth-order valence-electron chi connectivity index (χ4n) is 2.27. The Morgan fingerprint density at radius 3 is 2.78 bits per heavy atom. The normalized spacial score (nSPS) is 25.2. The Hall–Kier alpha value is -0.420. The Kier molecular flexibility index (Phi) is 6.86. The van der Waals surface area contributed by atoms with Crippen LogP contribution in [0.3, 0.4) is 0 Å². The van der Waals surface area contributed by atoms with Crippen LogP contribution in [-0.2, 0) is 15.6 Å². The molecular weight excluding hydrogens is 248 g/mol. The van der Waals surface area contributed by atoms with E-state index in [9.17, 15) is 9.00 Å². The third-order valence-electron chi connectivity index (χ3n) is 3.80. The van der Waals surface area contributed by atoms with Crippen LogP contribution in [0.25, 0.3) is 0 Å². The first kappa shape index (κ1) is 15.6. The first-order valence-corrected chi connectivity index (χ1v) is 8.42. The summed E-state index contributed by atoms with van der Waals surface area (Å²) in [5.74, 6) is 1.12. The van der Waals surface area contributed by atoms with Gasteiger partial charge in [0.15, 0.2) is 0 Å². The van der Waals surface area contributed by atoms with Crippen molar-refractivity contribution in [2.24, 2.45) is 11.8 Å². The summed E-state index contributed by atoms with van der Waals surface area (Å²) in [6.45, 7) is 6.69. The Morgan fingerprint density at radius 1 is 1.50 bits per heavy atom. The SMILES string of the molecule is CC(CC(=O)NCC(C)S(C)=O)C1CCCNC1. The van der Waals surface area contributed by atoms with E-state index in [1.54, 1.807) is 6.26 Å². The lowest BCUT2D eigenvalue weighted by molar-refractivity contribution is -0.122. The number of hydrogen-bond acceptors (Lipinski definition) is 3. The molecule has 0 spiro atoms. The molecule has 1 aliphatic rings. The molecule has 1 rings (SSSR count). The van der Waals surface area contributed by atoms with Crippen molar-refractivity contribution in [3.8, 4) is 0 Å². The third-order valence-corrected chi connectivity index (χ3v) is 5.10. The Morgan fingerprint density at radius 2 is 2.22 bits per heavy atom. The lowest BCUT2D eigenvalue weighted by atomic mass is 9.85. The highest BCUT2D eigenvalue weighted by Gasteiger charge is 2.22. The molecular formula is C13H26N2O2S. The number of piperidine rings is 1. The maximum Gasteiger partial charge on any atom is 0.220 e. The van der Waals surface area contributed by atoms with Gasteiger partial charge in [0.25, 0.3) is 0 Å². The topological polar surface area (TPSA) is 58.2 Å². The van der Waals surface area contributed by atoms with Gasteiger partial charge in [0, 0.05) is 35.3 Å². The molecule has 1 saturated heterocycles. The van der Waals surface area contributed by atoms with E-state index in [-0.39, 0.29) is 11.2 Å². The summed E-state index contributed by atoms with van der Waals surface area (Å²) in [6.07, 6.45) is 4.68. The van der Waals surface area contributed by atoms with Gasteiger partial charge in [-0.2, -0.15) is 0 Å². The lowest BCUT2D eigenvalue weighted by Gasteiger charge is -2.28. The van der Waals surface area contributed by atoms with Crippen LogP contribution in [0, 0.1) is 11.8 Å². The molecule has 1 aliphatic heterocycles. The minimum Gasteiger partial charge on any atom is -0.355 e. The molecule has 2 N–H and O–H groups in total. The van der Waals surface area contributed by atoms with E-state index in [1.165, 1.54) is 12.8 Å². The van der Waals surface area contributed by atoms with Crippen LogP contribution in [0.5, 0.6) is 0 Å². The van der Waals surface area contributed by atoms with Crippen LogP contribution < -0.4 is 10.6 Å². The summed E-state index contributed by atoms with van der Waals surface area (Å²) in [5.41, 5.74) is 0. The van der Waals surface area contributed by atoms with Crippen molar-refractivity contribution in [3.63, 3.8) is 0 Å². The van der Waals surface area contributed by atoms with Crippen molar-refractivity contribution in [3.05, 3.63) is 0 Å². The minimum absolute atomic E-state index is 0.0283. The predicted octanol–water partition coefficient (Wildman–Crippen LogP) is 0.895. The molecule has 0 aromatic carbocycles. The van der Waals surface area contributed by atoms with Crippen molar-refractivity contribution in [2.75, 3.05) is 25.9 Å². The summed E-state index contributed by atoms with van der Waals surface area (Å²) < 4.78 is 11.2. The predicted molar refractivity (Wildman–Crippen MR) is 75.9 cm³/mol. The lowest BCUT2D eigenvalue weighted by Crippen LogP contribution is -2.37. The smallest absolute Gasteiger partial charge is 0.220 e. The maximum atomic E-state index is 11.8. The number of amides is 1. The highest BCUT2D eigenvalue weighted by Crippen LogP contribution is 2.22. The zero-order valence-electron chi connectivity index (χ0n) is 11.7. The van der Waals surface area contributed by atoms with Gasteiger partial charge in [-0.3, -0.25) is 9.00 Å². The second kappa shape index (κ2) is 7.89. The highest BCUT2D eigenvalue weighted by molar-refractivity contribution is 7.84. The molecule has 0 radical (unpaired) electrons. The molecule has 18 heavy (non-hydrogen) atoms. The number of carbonyl (C=O) groups excluding carboxylic acids is 1. The monoisotopic (exact) mass is 274 g/mol. The summed E-state index contributed by atoms with van der Waals surface area (Å²) in [7, 11) is -0.868. The summed E-state index contributed by atoms with van der Waals surface area (Å²) >= 11 is 0. The van der Waals surface area contributed by atoms with Crippen LogP contribution in [0.1, 0.15) is 33.1 Å². The summed E-state index contributed by atoms with van der Waals surface area (Å²) in [4.78, 5) is 11.8. The molecule has 4 atom stereocenters. The zero-order chi connectivity index (χ0) is 13.5. The van der Waals surface area contributed by atoms with E-state index in [1.807, 2.05) is 6.92 Å². The van der Waals surface area contributed by atoms with Gasteiger partial charge in [-0.25, -0.2) is 0 Å². The summed E-state index contributed by atoms with van der Waals surface area (Å²) in [6, 6.07) is 0. The number of carbonyl (C=O) groups is 1. The Labute approximate surface area is 113 Å². The maximum absolute atomic E-state index is 11.8. The summed E-state index contributed by atoms with van der Waals surface area (Å²) in [5, 5.41) is 6.29. The second-order valence-electron chi connectivity index (χ2n) is 5.40. The van der Waals surface area contributed by atoms with Gasteiger partial charge < -0.3 is 10.6 Å². The first-order chi connectivity index (χ1) is 8.50. The fourth-order valence-corrected chi connectivity index (χ4v) is 2.59. The van der Waals surface area contributed by atoms with E-state index >= 15 is 0 Å². The van der Waals surface area contributed by atoms with Gasteiger partial charge in [0.2, 0.25) is 5.91 Å². The van der Waals surface area contributed by atoms with Gasteiger partial charge in [0.05, 0.1) is 0 Å². The number of rotatable bonds is 6. The average Bonchev–Trinajstić information content (AvgIpc) is 2.36. The van der Waals surface area contributed by atoms with Gasteiger partial charge in [-0.05, 0) is 44.7 Å². The van der Waals surface area contributed by atoms with Crippen molar-refractivity contribution < 1.29 is 9.00 Å². The molecule has 0 aromatic heterocycles. The van der Waals surface area contributed by atoms with Crippen LogP contribution >= 0.6 is 0 Å². The Bertz CT molecular complexity index is 291. The second-order valence-corrected chi connectivity index (χ2v) is 7.20. The molecule has 0 aliphatic carbocycles. The van der Waals surface area contributed by atoms with Crippen LogP contribution in [0.4, 0.5) is 0 Å². The number of hydrogen-bond donors (Lipinski definition) is 2. The molecule has 4 unspecified atom stereocenters. The van der Waals surface area contributed by atoms with E-state index in [0.29, 0.717) is 24.8 Å². The zero-order valence-corrected chi connectivity index (χ0v) is 12.5. The fraction of sp³-hybridized carbons (Fsp3) is 0.923. The van der Waals surface area contributed by atoms with E-state index < -0.39 is 10.8 Å². The Balaban J connectivity index is 2.24. The van der Waals surface area contributed by atoms with Gasteiger partial charge in [0.1, 0.15) is 0 Å².